The number of nitrogens with zero attached hydrogens (tertiary/aromatic N) is 1. The van der Waals surface area contributed by atoms with Crippen LogP contribution < -0.4 is 5.32 Å². The predicted octanol–water partition coefficient (Wildman–Crippen LogP) is 5.32. The zero-order chi connectivity index (χ0) is 27.8. The maximum Gasteiger partial charge on any atom is 0.336 e. The van der Waals surface area contributed by atoms with Crippen molar-refractivity contribution in [3.05, 3.63) is 119 Å². The van der Waals surface area contributed by atoms with Crippen LogP contribution >= 0.6 is 0 Å². The SMILES string of the molecule is CCOC(=O)C1=C(C)N(CC(=O)NCCC(c2ccccc2)c2ccccc2)C(=O)CC1c1ccc(F)cc1. The van der Waals surface area contributed by atoms with Crippen LogP contribution in [-0.4, -0.2) is 42.4 Å². The van der Waals surface area contributed by atoms with E-state index in [2.05, 4.69) is 29.6 Å². The van der Waals surface area contributed by atoms with E-state index in [0.29, 0.717) is 29.8 Å². The van der Waals surface area contributed by atoms with Crippen molar-refractivity contribution in [1.29, 1.82) is 0 Å². The summed E-state index contributed by atoms with van der Waals surface area (Å²) < 4.78 is 18.8. The number of halogens is 1. The van der Waals surface area contributed by atoms with Gasteiger partial charge in [-0.25, -0.2) is 9.18 Å². The molecule has 1 unspecified atom stereocenters. The smallest absolute Gasteiger partial charge is 0.336 e. The number of esters is 1. The molecule has 0 saturated carbocycles. The molecule has 1 N–H and O–H groups in total. The topological polar surface area (TPSA) is 75.7 Å². The van der Waals surface area contributed by atoms with Crippen LogP contribution in [0.25, 0.3) is 0 Å². The van der Waals surface area contributed by atoms with Crippen LogP contribution in [0.1, 0.15) is 55.2 Å². The van der Waals surface area contributed by atoms with E-state index in [-0.39, 0.29) is 37.3 Å². The third-order valence-corrected chi connectivity index (χ3v) is 7.05. The summed E-state index contributed by atoms with van der Waals surface area (Å²) in [5.74, 6) is -2.01. The summed E-state index contributed by atoms with van der Waals surface area (Å²) in [5, 5.41) is 2.95. The van der Waals surface area contributed by atoms with Crippen molar-refractivity contribution in [2.75, 3.05) is 19.7 Å². The van der Waals surface area contributed by atoms with Crippen molar-refractivity contribution in [1.82, 2.24) is 10.2 Å². The summed E-state index contributed by atoms with van der Waals surface area (Å²) in [6, 6.07) is 26.0. The first-order chi connectivity index (χ1) is 18.9. The van der Waals surface area contributed by atoms with E-state index in [1.54, 1.807) is 26.0 Å². The van der Waals surface area contributed by atoms with Gasteiger partial charge in [0, 0.05) is 30.5 Å². The zero-order valence-electron chi connectivity index (χ0n) is 22.2. The Balaban J connectivity index is 1.47. The lowest BCUT2D eigenvalue weighted by Crippen LogP contribution is -2.44. The molecular weight excluding hydrogens is 495 g/mol. The number of carbonyl (C=O) groups is 3. The first-order valence-electron chi connectivity index (χ1n) is 13.2. The molecule has 3 aromatic carbocycles. The third kappa shape index (κ3) is 6.79. The van der Waals surface area contributed by atoms with Crippen molar-refractivity contribution in [3.63, 3.8) is 0 Å². The monoisotopic (exact) mass is 528 g/mol. The maximum atomic E-state index is 13.5. The highest BCUT2D eigenvalue weighted by molar-refractivity contribution is 5.97. The van der Waals surface area contributed by atoms with Crippen molar-refractivity contribution < 1.29 is 23.5 Å². The van der Waals surface area contributed by atoms with Crippen molar-refractivity contribution in [2.45, 2.75) is 38.5 Å². The Morgan fingerprint density at radius 1 is 0.974 bits per heavy atom. The lowest BCUT2D eigenvalue weighted by Gasteiger charge is -2.34. The number of rotatable bonds is 10. The summed E-state index contributed by atoms with van der Waals surface area (Å²) in [6.07, 6.45) is 0.664. The molecular formula is C32H33FN2O4. The molecule has 4 rings (SSSR count). The largest absolute Gasteiger partial charge is 0.463 e. The Bertz CT molecular complexity index is 1280. The van der Waals surface area contributed by atoms with Crippen molar-refractivity contribution in [2.24, 2.45) is 0 Å². The number of carbonyl (C=O) groups excluding carboxylic acids is 3. The highest BCUT2D eigenvalue weighted by Crippen LogP contribution is 2.37. The highest BCUT2D eigenvalue weighted by Gasteiger charge is 2.37. The van der Waals surface area contributed by atoms with Gasteiger partial charge in [-0.3, -0.25) is 9.59 Å². The first-order valence-corrected chi connectivity index (χ1v) is 13.2. The molecule has 202 valence electrons. The number of ether oxygens (including phenoxy) is 1. The molecule has 0 fully saturated rings. The van der Waals surface area contributed by atoms with Gasteiger partial charge in [-0.2, -0.15) is 0 Å². The molecule has 2 amide bonds. The lowest BCUT2D eigenvalue weighted by molar-refractivity contribution is -0.141. The number of allylic oxidation sites excluding steroid dienone is 1. The molecule has 0 radical (unpaired) electrons. The van der Waals surface area contributed by atoms with E-state index < -0.39 is 17.7 Å². The summed E-state index contributed by atoms with van der Waals surface area (Å²) in [5.41, 5.74) is 3.65. The molecule has 1 aliphatic rings. The number of hydrogen-bond donors (Lipinski definition) is 1. The molecule has 1 aliphatic heterocycles. The molecule has 39 heavy (non-hydrogen) atoms. The average Bonchev–Trinajstić information content (AvgIpc) is 2.94. The molecule has 3 aromatic rings. The Morgan fingerprint density at radius 2 is 1.56 bits per heavy atom. The third-order valence-electron chi connectivity index (χ3n) is 7.05. The van der Waals surface area contributed by atoms with Gasteiger partial charge in [-0.1, -0.05) is 72.8 Å². The van der Waals surface area contributed by atoms with Crippen LogP contribution in [0, 0.1) is 5.82 Å². The number of benzene rings is 3. The second-order valence-corrected chi connectivity index (χ2v) is 9.52. The van der Waals surface area contributed by atoms with Crippen LogP contribution in [0.5, 0.6) is 0 Å². The van der Waals surface area contributed by atoms with Gasteiger partial charge in [0.1, 0.15) is 12.4 Å². The standard InChI is InChI=1S/C32H33FN2O4/c1-3-39-32(38)31-22(2)35(30(37)20-28(31)25-14-16-26(33)17-15-25)21-29(36)34-19-18-27(23-10-6-4-7-11-23)24-12-8-5-9-13-24/h4-17,27-28H,3,18-21H2,1-2H3,(H,34,36). The first kappa shape index (κ1) is 27.8. The predicted molar refractivity (Wildman–Crippen MR) is 147 cm³/mol. The average molecular weight is 529 g/mol. The molecule has 1 atom stereocenters. The molecule has 7 heteroatoms. The molecule has 0 saturated heterocycles. The van der Waals surface area contributed by atoms with Gasteiger partial charge in [-0.05, 0) is 49.1 Å². The normalized spacial score (nSPS) is 15.4. The van der Waals surface area contributed by atoms with Gasteiger partial charge in [-0.15, -0.1) is 0 Å². The Hall–Kier alpha value is -4.26. The lowest BCUT2D eigenvalue weighted by atomic mass is 9.83. The molecule has 0 bridgehead atoms. The van der Waals surface area contributed by atoms with E-state index in [1.165, 1.54) is 17.0 Å². The van der Waals surface area contributed by atoms with E-state index in [1.807, 2.05) is 36.4 Å². The molecule has 6 nitrogen and oxygen atoms in total. The number of hydrogen-bond acceptors (Lipinski definition) is 4. The molecule has 0 spiro atoms. The van der Waals surface area contributed by atoms with Crippen LogP contribution in [0.4, 0.5) is 4.39 Å². The van der Waals surface area contributed by atoms with Gasteiger partial charge in [0.05, 0.1) is 12.2 Å². The minimum atomic E-state index is -0.575. The van der Waals surface area contributed by atoms with E-state index in [4.69, 9.17) is 4.74 Å². The fourth-order valence-corrected chi connectivity index (χ4v) is 5.11. The van der Waals surface area contributed by atoms with Gasteiger partial charge in [0.25, 0.3) is 0 Å². The fourth-order valence-electron chi connectivity index (χ4n) is 5.11. The minimum Gasteiger partial charge on any atom is -0.463 e. The summed E-state index contributed by atoms with van der Waals surface area (Å²) in [4.78, 5) is 40.4. The van der Waals surface area contributed by atoms with Gasteiger partial charge in [0.2, 0.25) is 11.8 Å². The number of nitrogens with one attached hydrogen (secondary N) is 1. The van der Waals surface area contributed by atoms with E-state index >= 15 is 0 Å². The Morgan fingerprint density at radius 3 is 2.13 bits per heavy atom. The van der Waals surface area contributed by atoms with E-state index in [0.717, 1.165) is 11.1 Å². The Labute approximate surface area is 228 Å². The quantitative estimate of drug-likeness (QED) is 0.362. The van der Waals surface area contributed by atoms with Gasteiger partial charge < -0.3 is 15.0 Å². The van der Waals surface area contributed by atoms with Crippen LogP contribution in [0.2, 0.25) is 0 Å². The molecule has 0 aliphatic carbocycles. The summed E-state index contributed by atoms with van der Waals surface area (Å²) in [6.45, 7) is 3.74. The number of amides is 2. The van der Waals surface area contributed by atoms with Gasteiger partial charge >= 0.3 is 5.97 Å². The summed E-state index contributed by atoms with van der Waals surface area (Å²) in [7, 11) is 0. The van der Waals surface area contributed by atoms with E-state index in [9.17, 15) is 18.8 Å². The second kappa shape index (κ2) is 13.0. The summed E-state index contributed by atoms with van der Waals surface area (Å²) >= 11 is 0. The molecule has 0 aromatic heterocycles. The zero-order valence-corrected chi connectivity index (χ0v) is 22.2. The minimum absolute atomic E-state index is 0.0194. The molecule has 1 heterocycles. The van der Waals surface area contributed by atoms with Crippen molar-refractivity contribution in [3.8, 4) is 0 Å². The van der Waals surface area contributed by atoms with Crippen molar-refractivity contribution >= 4 is 17.8 Å². The Kier molecular flexibility index (Phi) is 9.26. The second-order valence-electron chi connectivity index (χ2n) is 9.52. The van der Waals surface area contributed by atoms with Crippen LogP contribution in [0.3, 0.4) is 0 Å². The van der Waals surface area contributed by atoms with Crippen LogP contribution in [-0.2, 0) is 19.1 Å². The maximum absolute atomic E-state index is 13.5. The van der Waals surface area contributed by atoms with Crippen LogP contribution in [0.15, 0.2) is 96.2 Å². The highest BCUT2D eigenvalue weighted by atomic mass is 19.1. The fraction of sp³-hybridized carbons (Fsp3) is 0.281. The van der Waals surface area contributed by atoms with Gasteiger partial charge in [0.15, 0.2) is 0 Å².